The van der Waals surface area contributed by atoms with E-state index in [1.54, 1.807) is 0 Å². The summed E-state index contributed by atoms with van der Waals surface area (Å²) < 4.78 is 4.70. The second-order valence-electron chi connectivity index (χ2n) is 12.2. The molecule has 0 saturated carbocycles. The zero-order chi connectivity index (χ0) is 31.6. The summed E-state index contributed by atoms with van der Waals surface area (Å²) in [5.74, 6) is 1.82. The van der Waals surface area contributed by atoms with Gasteiger partial charge < -0.3 is 0 Å². The highest BCUT2D eigenvalue weighted by Crippen LogP contribution is 2.44. The predicted molar refractivity (Wildman–Crippen MR) is 199 cm³/mol. The number of benzene rings is 6. The molecule has 6 aromatic carbocycles. The van der Waals surface area contributed by atoms with E-state index in [-0.39, 0.29) is 0 Å². The lowest BCUT2D eigenvalue weighted by Crippen LogP contribution is -1.99. The van der Waals surface area contributed by atoms with Crippen LogP contribution in [0.25, 0.3) is 88.6 Å². The molecule has 0 aliphatic carbocycles. The smallest absolute Gasteiger partial charge is 0.145 e. The number of pyridine rings is 2. The van der Waals surface area contributed by atoms with Crippen molar-refractivity contribution in [1.29, 1.82) is 0 Å². The van der Waals surface area contributed by atoms with Gasteiger partial charge in [-0.25, -0.2) is 9.97 Å². The molecule has 0 unspecified atom stereocenters. The number of nitrogens with zero attached hydrogens (tertiary/aromatic N) is 4. The minimum atomic E-state index is 0.899. The Morgan fingerprint density at radius 1 is 0.396 bits per heavy atom. The predicted octanol–water partition coefficient (Wildman–Crippen LogP) is 11.1. The summed E-state index contributed by atoms with van der Waals surface area (Å²) in [4.78, 5) is 10.3. The van der Waals surface area contributed by atoms with Gasteiger partial charge in [0.15, 0.2) is 0 Å². The summed E-state index contributed by atoms with van der Waals surface area (Å²) in [5.41, 5.74) is 10.0. The zero-order valence-corrected chi connectivity index (χ0v) is 26.0. The monoisotopic (exact) mass is 612 g/mol. The maximum Gasteiger partial charge on any atom is 0.145 e. The van der Waals surface area contributed by atoms with E-state index >= 15 is 0 Å². The average molecular weight is 613 g/mol. The number of fused-ring (bicyclic) bond motifs is 10. The van der Waals surface area contributed by atoms with Crippen LogP contribution in [0.3, 0.4) is 0 Å². The normalized spacial score (nSPS) is 11.8. The van der Waals surface area contributed by atoms with Gasteiger partial charge in [-0.1, -0.05) is 140 Å². The van der Waals surface area contributed by atoms with Crippen molar-refractivity contribution in [2.75, 3.05) is 0 Å². The van der Waals surface area contributed by atoms with Gasteiger partial charge in [-0.05, 0) is 35.4 Å². The third-order valence-corrected chi connectivity index (χ3v) is 9.56. The highest BCUT2D eigenvalue weighted by Gasteiger charge is 2.24. The van der Waals surface area contributed by atoms with Crippen LogP contribution in [0.1, 0.15) is 0 Å². The van der Waals surface area contributed by atoms with Crippen LogP contribution < -0.4 is 0 Å². The number of hydrogen-bond donors (Lipinski definition) is 0. The highest BCUT2D eigenvalue weighted by atomic mass is 15.1. The van der Waals surface area contributed by atoms with E-state index in [1.165, 1.54) is 32.7 Å². The van der Waals surface area contributed by atoms with E-state index in [9.17, 15) is 0 Å². The molecule has 4 nitrogen and oxygen atoms in total. The molecule has 0 aliphatic rings. The van der Waals surface area contributed by atoms with E-state index in [0.717, 1.165) is 55.9 Å². The van der Waals surface area contributed by atoms with Crippen molar-refractivity contribution in [3.05, 3.63) is 170 Å². The molecular formula is C44H28N4. The fraction of sp³-hybridized carbons (Fsp3) is 0. The van der Waals surface area contributed by atoms with Crippen LogP contribution in [0.4, 0.5) is 0 Å². The van der Waals surface area contributed by atoms with Crippen molar-refractivity contribution < 1.29 is 0 Å². The molecule has 48 heavy (non-hydrogen) atoms. The second-order valence-corrected chi connectivity index (χ2v) is 12.2. The average Bonchev–Trinajstić information content (AvgIpc) is 3.73. The Morgan fingerprint density at radius 3 is 1.75 bits per heavy atom. The standard InChI is InChI=1S/C44H28N4/c1-3-13-29(14-4-1)30-22-24-32(25-23-30)44-46-41(31-15-5-2-6-16-31)43-36-27-26-34-33-17-7-9-19-37(33)47(39-21-11-12-28-45-39)42(34)40(36)35-18-8-10-20-38(35)48(43)44/h1-28H. The molecule has 0 atom stereocenters. The molecule has 4 heterocycles. The molecule has 0 N–H and O–H groups in total. The van der Waals surface area contributed by atoms with Gasteiger partial charge in [-0.3, -0.25) is 8.97 Å². The summed E-state index contributed by atoms with van der Waals surface area (Å²) >= 11 is 0. The summed E-state index contributed by atoms with van der Waals surface area (Å²) in [6, 6.07) is 58.0. The number of imidazole rings is 1. The van der Waals surface area contributed by atoms with Crippen molar-refractivity contribution >= 4 is 49.0 Å². The maximum atomic E-state index is 5.48. The van der Waals surface area contributed by atoms with Crippen LogP contribution in [0, 0.1) is 0 Å². The number of aromatic nitrogens is 4. The van der Waals surface area contributed by atoms with Gasteiger partial charge in [0.05, 0.1) is 27.8 Å². The third-order valence-electron chi connectivity index (χ3n) is 9.56. The van der Waals surface area contributed by atoms with Crippen LogP contribution in [-0.4, -0.2) is 18.9 Å². The molecule has 224 valence electrons. The van der Waals surface area contributed by atoms with Gasteiger partial charge >= 0.3 is 0 Å². The molecule has 4 aromatic heterocycles. The lowest BCUT2D eigenvalue weighted by atomic mass is 9.99. The van der Waals surface area contributed by atoms with Crippen molar-refractivity contribution in [3.63, 3.8) is 0 Å². The minimum absolute atomic E-state index is 0.899. The first-order valence-corrected chi connectivity index (χ1v) is 16.3. The van der Waals surface area contributed by atoms with Gasteiger partial charge in [0.25, 0.3) is 0 Å². The molecule has 0 amide bonds. The van der Waals surface area contributed by atoms with Crippen LogP contribution in [0.5, 0.6) is 0 Å². The molecule has 0 saturated heterocycles. The highest BCUT2D eigenvalue weighted by molar-refractivity contribution is 6.28. The van der Waals surface area contributed by atoms with Crippen molar-refractivity contribution in [2.24, 2.45) is 0 Å². The zero-order valence-electron chi connectivity index (χ0n) is 26.0. The Hall–Kier alpha value is -6.52. The van der Waals surface area contributed by atoms with Gasteiger partial charge in [0, 0.05) is 44.3 Å². The maximum absolute atomic E-state index is 5.48. The Labute approximate surface area is 276 Å². The number of rotatable bonds is 4. The molecule has 10 aromatic rings. The first-order chi connectivity index (χ1) is 23.8. The Kier molecular flexibility index (Phi) is 5.84. The van der Waals surface area contributed by atoms with Gasteiger partial charge in [0.2, 0.25) is 0 Å². The second kappa shape index (κ2) is 10.5. The summed E-state index contributed by atoms with van der Waals surface area (Å²) in [5, 5.41) is 5.93. The van der Waals surface area contributed by atoms with Gasteiger partial charge in [-0.2, -0.15) is 0 Å². The quantitative estimate of drug-likeness (QED) is 0.185. The fourth-order valence-electron chi connectivity index (χ4n) is 7.47. The molecule has 0 aliphatic heterocycles. The Balaban J connectivity index is 1.38. The number of hydrogen-bond acceptors (Lipinski definition) is 2. The van der Waals surface area contributed by atoms with Crippen molar-refractivity contribution in [1.82, 2.24) is 18.9 Å². The first-order valence-electron chi connectivity index (χ1n) is 16.3. The van der Waals surface area contributed by atoms with Crippen molar-refractivity contribution in [3.8, 4) is 39.6 Å². The summed E-state index contributed by atoms with van der Waals surface area (Å²) in [6.45, 7) is 0. The van der Waals surface area contributed by atoms with Crippen molar-refractivity contribution in [2.45, 2.75) is 0 Å². The van der Waals surface area contributed by atoms with E-state index < -0.39 is 0 Å². The number of para-hydroxylation sites is 2. The van der Waals surface area contributed by atoms with Crippen LogP contribution in [0.15, 0.2) is 170 Å². The topological polar surface area (TPSA) is 35.1 Å². The summed E-state index contributed by atoms with van der Waals surface area (Å²) in [7, 11) is 0. The molecule has 0 bridgehead atoms. The van der Waals surface area contributed by atoms with Crippen LogP contribution in [-0.2, 0) is 0 Å². The van der Waals surface area contributed by atoms with Gasteiger partial charge in [0.1, 0.15) is 11.6 Å². The minimum Gasteiger partial charge on any atom is -0.293 e. The molecule has 0 spiro atoms. The Bertz CT molecular complexity index is 2800. The SMILES string of the molecule is c1ccc(-c2ccc(-c3nc(-c4ccccc4)c4c5ccc6c7ccccc7n(-c7ccccn7)c6c5c5ccccc5n34)cc2)cc1. The molecule has 0 fully saturated rings. The molecule has 4 heteroatoms. The first kappa shape index (κ1) is 26.7. The summed E-state index contributed by atoms with van der Waals surface area (Å²) in [6.07, 6.45) is 1.87. The van der Waals surface area contributed by atoms with E-state index in [4.69, 9.17) is 9.97 Å². The Morgan fingerprint density at radius 2 is 1.00 bits per heavy atom. The van der Waals surface area contributed by atoms with Gasteiger partial charge in [-0.15, -0.1) is 0 Å². The molecule has 10 rings (SSSR count). The fourth-order valence-corrected chi connectivity index (χ4v) is 7.47. The van der Waals surface area contributed by atoms with Crippen LogP contribution >= 0.6 is 0 Å². The lowest BCUT2D eigenvalue weighted by molar-refractivity contribution is 1.08. The van der Waals surface area contributed by atoms with E-state index in [1.807, 2.05) is 12.3 Å². The lowest BCUT2D eigenvalue weighted by Gasteiger charge is -2.15. The molecular weight excluding hydrogens is 585 g/mol. The van der Waals surface area contributed by atoms with Crippen LogP contribution in [0.2, 0.25) is 0 Å². The van der Waals surface area contributed by atoms with E-state index in [0.29, 0.717) is 0 Å². The third kappa shape index (κ3) is 3.90. The molecule has 0 radical (unpaired) electrons. The largest absolute Gasteiger partial charge is 0.293 e. The van der Waals surface area contributed by atoms with E-state index in [2.05, 4.69) is 167 Å².